The summed E-state index contributed by atoms with van der Waals surface area (Å²) in [6.07, 6.45) is 1.53. The minimum Gasteiger partial charge on any atom is -0.326 e. The van der Waals surface area contributed by atoms with Gasteiger partial charge >= 0.3 is 0 Å². The number of halogens is 10. The lowest BCUT2D eigenvalue weighted by molar-refractivity contribution is 0.368. The third-order valence-corrected chi connectivity index (χ3v) is 21.0. The first-order valence-corrected chi connectivity index (χ1v) is 31.1. The van der Waals surface area contributed by atoms with Crippen LogP contribution in [0.3, 0.4) is 0 Å². The predicted octanol–water partition coefficient (Wildman–Crippen LogP) is 17.2. The fourth-order valence-electron chi connectivity index (χ4n) is 11.9. The summed E-state index contributed by atoms with van der Waals surface area (Å²) in [6.45, 7) is -1.66. The Morgan fingerprint density at radius 1 is 0.333 bits per heavy atom. The second-order valence-corrected chi connectivity index (χ2v) is 25.7. The summed E-state index contributed by atoms with van der Waals surface area (Å²) < 4.78 is 158. The summed E-state index contributed by atoms with van der Waals surface area (Å²) in [5.74, 6) is -20.5. The SMILES string of the molecule is Fc1c(F)c(F)c(Cn2cc(-c3ccccc3)nc2-c2c(P(c3ccccc3)c3ccccc3)cc(-c3ccc4c(c3)nc(-c3c(P(c5ccccc5)c5ccccc5)ccc5ccccc35)n4Cc3c(F)c(F)c(F)c(F)c3F)c3ccccc23)c(F)c1F. The van der Waals surface area contributed by atoms with Crippen LogP contribution in [0.2, 0.25) is 0 Å². The number of rotatable bonds is 14. The molecule has 90 heavy (non-hydrogen) atoms. The molecule has 0 radical (unpaired) electrons. The van der Waals surface area contributed by atoms with Crippen molar-refractivity contribution in [3.05, 3.63) is 312 Å². The molecular weight excluding hydrogens is 1200 g/mol. The second-order valence-electron chi connectivity index (χ2n) is 21.3. The summed E-state index contributed by atoms with van der Waals surface area (Å²) >= 11 is 0. The molecule has 2 aromatic heterocycles. The average Bonchev–Trinajstić information content (AvgIpc) is 1.39. The van der Waals surface area contributed by atoms with Crippen molar-refractivity contribution >= 4 is 80.2 Å². The highest BCUT2D eigenvalue weighted by Gasteiger charge is 2.33. The Balaban J connectivity index is 1.06. The van der Waals surface area contributed by atoms with Crippen molar-refractivity contribution in [1.29, 1.82) is 0 Å². The van der Waals surface area contributed by atoms with Crippen molar-refractivity contribution in [2.24, 2.45) is 0 Å². The molecule has 0 amide bonds. The summed E-state index contributed by atoms with van der Waals surface area (Å²) in [4.78, 5) is 10.6. The van der Waals surface area contributed by atoms with E-state index in [1.165, 1.54) is 15.3 Å². The summed E-state index contributed by atoms with van der Waals surface area (Å²) in [7, 11) is -3.06. The molecule has 12 aromatic carbocycles. The lowest BCUT2D eigenvalue weighted by atomic mass is 9.94. The van der Waals surface area contributed by atoms with Gasteiger partial charge in [-0.2, -0.15) is 0 Å². The third kappa shape index (κ3) is 10.1. The van der Waals surface area contributed by atoms with Gasteiger partial charge in [0.05, 0.1) is 29.8 Å². The predicted molar refractivity (Wildman–Crippen MR) is 340 cm³/mol. The maximum atomic E-state index is 16.2. The molecule has 0 aliphatic heterocycles. The molecule has 2 heterocycles. The van der Waals surface area contributed by atoms with E-state index in [-0.39, 0.29) is 11.6 Å². The minimum atomic E-state index is -2.29. The summed E-state index contributed by atoms with van der Waals surface area (Å²) in [5.41, 5.74) is 1.68. The Hall–Kier alpha value is -10.0. The highest BCUT2D eigenvalue weighted by atomic mass is 31.1. The Bertz CT molecular complexity index is 4950. The first-order chi connectivity index (χ1) is 43.8. The molecule has 0 saturated carbocycles. The quantitative estimate of drug-likeness (QED) is 0.0471. The molecule has 0 fully saturated rings. The van der Waals surface area contributed by atoms with Crippen LogP contribution in [0.25, 0.3) is 77.7 Å². The van der Waals surface area contributed by atoms with Crippen LogP contribution < -0.4 is 31.8 Å². The van der Waals surface area contributed by atoms with E-state index >= 15 is 35.1 Å². The van der Waals surface area contributed by atoms with E-state index in [4.69, 9.17) is 9.97 Å². The molecule has 16 heteroatoms. The molecule has 0 bridgehead atoms. The van der Waals surface area contributed by atoms with Gasteiger partial charge in [0, 0.05) is 34.0 Å². The number of benzene rings is 12. The average molecular weight is 1240 g/mol. The van der Waals surface area contributed by atoms with Gasteiger partial charge in [0.2, 0.25) is 11.6 Å². The highest BCUT2D eigenvalue weighted by molar-refractivity contribution is 7.80. The van der Waals surface area contributed by atoms with Crippen LogP contribution in [-0.2, 0) is 13.1 Å². The molecule has 4 nitrogen and oxygen atoms in total. The number of nitrogens with zero attached hydrogens (tertiary/aromatic N) is 4. The molecule has 0 N–H and O–H groups in total. The molecular formula is C74H44F10N4P2. The lowest BCUT2D eigenvalue weighted by Crippen LogP contribution is -2.23. The molecule has 440 valence electrons. The molecule has 0 aliphatic carbocycles. The smallest absolute Gasteiger partial charge is 0.200 e. The Morgan fingerprint density at radius 3 is 1.30 bits per heavy atom. The van der Waals surface area contributed by atoms with Gasteiger partial charge in [0.1, 0.15) is 11.6 Å². The number of imidazole rings is 2. The van der Waals surface area contributed by atoms with Crippen molar-refractivity contribution in [1.82, 2.24) is 19.1 Å². The fraction of sp³-hybridized carbons (Fsp3) is 0.0270. The maximum absolute atomic E-state index is 16.2. The number of fused-ring (bicyclic) bond motifs is 3. The third-order valence-electron chi connectivity index (χ3n) is 16.1. The molecule has 14 rings (SSSR count). The van der Waals surface area contributed by atoms with Crippen LogP contribution in [0, 0.1) is 58.2 Å². The number of hydrogen-bond donors (Lipinski definition) is 0. The Labute approximate surface area is 511 Å². The zero-order chi connectivity index (χ0) is 61.9. The van der Waals surface area contributed by atoms with Gasteiger partial charge in [0.15, 0.2) is 46.5 Å². The van der Waals surface area contributed by atoms with Gasteiger partial charge in [-0.1, -0.05) is 218 Å². The van der Waals surface area contributed by atoms with Crippen LogP contribution in [0.15, 0.2) is 243 Å². The van der Waals surface area contributed by atoms with Crippen molar-refractivity contribution in [3.8, 4) is 45.2 Å². The van der Waals surface area contributed by atoms with Crippen LogP contribution in [0.4, 0.5) is 43.9 Å². The molecule has 0 spiro atoms. The summed E-state index contributed by atoms with van der Waals surface area (Å²) in [5, 5.41) is 7.88. The van der Waals surface area contributed by atoms with Gasteiger partial charge in [-0.05, 0) is 98.5 Å². The van der Waals surface area contributed by atoms with Crippen LogP contribution in [-0.4, -0.2) is 19.1 Å². The van der Waals surface area contributed by atoms with Gasteiger partial charge in [-0.25, -0.2) is 53.9 Å². The van der Waals surface area contributed by atoms with E-state index in [1.54, 1.807) is 42.5 Å². The molecule has 0 aliphatic rings. The van der Waals surface area contributed by atoms with Gasteiger partial charge in [-0.15, -0.1) is 0 Å². The van der Waals surface area contributed by atoms with Gasteiger partial charge in [-0.3, -0.25) is 0 Å². The van der Waals surface area contributed by atoms with E-state index in [9.17, 15) is 8.78 Å². The van der Waals surface area contributed by atoms with E-state index in [1.807, 2.05) is 194 Å². The van der Waals surface area contributed by atoms with E-state index < -0.39 is 98.2 Å². The monoisotopic (exact) mass is 1240 g/mol. The zero-order valence-corrected chi connectivity index (χ0v) is 48.8. The number of aromatic nitrogens is 4. The normalized spacial score (nSPS) is 11.7. The minimum absolute atomic E-state index is 0.152. The fourth-order valence-corrected chi connectivity index (χ4v) is 16.9. The Morgan fingerprint density at radius 2 is 0.767 bits per heavy atom. The van der Waals surface area contributed by atoms with E-state index in [0.717, 1.165) is 31.9 Å². The van der Waals surface area contributed by atoms with Crippen molar-refractivity contribution in [3.63, 3.8) is 0 Å². The van der Waals surface area contributed by atoms with Crippen LogP contribution >= 0.6 is 15.8 Å². The largest absolute Gasteiger partial charge is 0.326 e. The lowest BCUT2D eigenvalue weighted by Gasteiger charge is -2.25. The second kappa shape index (κ2) is 23.8. The summed E-state index contributed by atoms with van der Waals surface area (Å²) in [6, 6.07) is 74.3. The van der Waals surface area contributed by atoms with Crippen molar-refractivity contribution in [2.75, 3.05) is 0 Å². The molecule has 0 saturated heterocycles. The maximum Gasteiger partial charge on any atom is 0.200 e. The van der Waals surface area contributed by atoms with Crippen LogP contribution in [0.1, 0.15) is 11.1 Å². The molecule has 0 unspecified atom stereocenters. The first-order valence-electron chi connectivity index (χ1n) is 28.4. The molecule has 14 aromatic rings. The zero-order valence-electron chi connectivity index (χ0n) is 47.0. The van der Waals surface area contributed by atoms with E-state index in [0.29, 0.717) is 66.0 Å². The van der Waals surface area contributed by atoms with Crippen molar-refractivity contribution in [2.45, 2.75) is 13.1 Å². The highest BCUT2D eigenvalue weighted by Crippen LogP contribution is 2.46. The van der Waals surface area contributed by atoms with Gasteiger partial charge in [0.25, 0.3) is 0 Å². The van der Waals surface area contributed by atoms with Crippen LogP contribution in [0.5, 0.6) is 0 Å². The standard InChI is InChI=1S/C74H44F10N4P2/c75-63-54(64(76)68(80)71(83)67(63)79)40-87-42-57(44-21-6-1-7-22-44)86-73(87)62-52-33-19-18-32-51(52)53(39-60(62)90(48-27-12-4-13-28-48)49-29-14-5-15-30-49)45-34-36-58-56(38-45)85-74(88(58)41-55-65(77)69(81)72(84)70(82)66(55)78)61-50-31-17-16-20-43(50)35-37-59(61)89(46-23-8-2-9-24-46)47-25-10-3-11-26-47/h1-39,42H,40-41H2. The first kappa shape index (κ1) is 57.7. The van der Waals surface area contributed by atoms with E-state index in [2.05, 4.69) is 0 Å². The van der Waals surface area contributed by atoms with Gasteiger partial charge < -0.3 is 9.13 Å². The Kier molecular flexibility index (Phi) is 15.3. The molecule has 0 atom stereocenters. The topological polar surface area (TPSA) is 35.6 Å². The number of hydrogen-bond acceptors (Lipinski definition) is 2. The van der Waals surface area contributed by atoms with Crippen molar-refractivity contribution < 1.29 is 43.9 Å².